The summed E-state index contributed by atoms with van der Waals surface area (Å²) in [4.78, 5) is 20.9. The molecule has 1 aromatic rings. The summed E-state index contributed by atoms with van der Waals surface area (Å²) < 4.78 is 39.3. The molecule has 0 aliphatic heterocycles. The van der Waals surface area contributed by atoms with Gasteiger partial charge in [0.2, 0.25) is 0 Å². The van der Waals surface area contributed by atoms with Crippen LogP contribution in [0.25, 0.3) is 0 Å². The first-order chi connectivity index (χ1) is 8.69. The predicted molar refractivity (Wildman–Crippen MR) is 61.8 cm³/mol. The molecule has 0 saturated carbocycles. The van der Waals surface area contributed by atoms with Gasteiger partial charge in [-0.15, -0.1) is 0 Å². The third-order valence-electron chi connectivity index (χ3n) is 1.76. The van der Waals surface area contributed by atoms with Crippen molar-refractivity contribution < 1.29 is 27.6 Å². The van der Waals surface area contributed by atoms with Crippen LogP contribution in [0.3, 0.4) is 0 Å². The summed E-state index contributed by atoms with van der Waals surface area (Å²) in [6.45, 7) is -1.72. The van der Waals surface area contributed by atoms with Crippen molar-refractivity contribution in [3.63, 3.8) is 0 Å². The molecule has 0 aliphatic carbocycles. The van der Waals surface area contributed by atoms with E-state index in [0.717, 1.165) is 12.1 Å². The number of anilines is 1. The number of hydrogen-bond acceptors (Lipinski definition) is 4. The Bertz CT molecular complexity index is 507. The first-order valence-corrected chi connectivity index (χ1v) is 5.43. The van der Waals surface area contributed by atoms with E-state index in [1.165, 1.54) is 6.07 Å². The van der Waals surface area contributed by atoms with Crippen LogP contribution in [-0.4, -0.2) is 23.8 Å². The standard InChI is InChI=1S/C9H6BrF3N2O4/c10-6-3-5(1-2-7(6)15(17)18)14-8(16)19-4-9(11,12)13/h1-3H,4H2,(H,14,16). The zero-order valence-electron chi connectivity index (χ0n) is 9.03. The second-order valence-corrected chi connectivity index (χ2v) is 4.09. The number of nitro groups is 1. The van der Waals surface area contributed by atoms with Crippen LogP contribution in [-0.2, 0) is 4.74 Å². The summed E-state index contributed by atoms with van der Waals surface area (Å²) in [5.74, 6) is 0. The quantitative estimate of drug-likeness (QED) is 0.673. The zero-order chi connectivity index (χ0) is 14.6. The van der Waals surface area contributed by atoms with Gasteiger partial charge in [-0.05, 0) is 28.1 Å². The Labute approximate surface area is 112 Å². The van der Waals surface area contributed by atoms with Gasteiger partial charge in [0.25, 0.3) is 5.69 Å². The van der Waals surface area contributed by atoms with Crippen molar-refractivity contribution in [1.82, 2.24) is 0 Å². The molecular formula is C9H6BrF3N2O4. The Hall–Kier alpha value is -1.84. The van der Waals surface area contributed by atoms with Crippen LogP contribution >= 0.6 is 15.9 Å². The van der Waals surface area contributed by atoms with E-state index in [9.17, 15) is 28.1 Å². The van der Waals surface area contributed by atoms with Crippen LogP contribution in [0.4, 0.5) is 29.3 Å². The number of ether oxygens (including phenoxy) is 1. The predicted octanol–water partition coefficient (Wildman–Crippen LogP) is 3.47. The summed E-state index contributed by atoms with van der Waals surface area (Å²) in [6.07, 6.45) is -5.92. The van der Waals surface area contributed by atoms with Gasteiger partial charge in [0.05, 0.1) is 9.40 Å². The van der Waals surface area contributed by atoms with Crippen LogP contribution in [0.2, 0.25) is 0 Å². The van der Waals surface area contributed by atoms with Crippen LogP contribution in [0.1, 0.15) is 0 Å². The van der Waals surface area contributed by atoms with Crippen LogP contribution in [0, 0.1) is 10.1 Å². The second kappa shape index (κ2) is 5.87. The highest BCUT2D eigenvalue weighted by atomic mass is 79.9. The number of rotatable bonds is 3. The minimum absolute atomic E-state index is 0.0599. The van der Waals surface area contributed by atoms with Crippen molar-refractivity contribution in [3.8, 4) is 0 Å². The number of benzene rings is 1. The fraction of sp³-hybridized carbons (Fsp3) is 0.222. The number of carbonyl (C=O) groups excluding carboxylic acids is 1. The molecule has 0 spiro atoms. The number of amides is 1. The van der Waals surface area contributed by atoms with Gasteiger partial charge < -0.3 is 4.74 Å². The monoisotopic (exact) mass is 342 g/mol. The van der Waals surface area contributed by atoms with E-state index in [4.69, 9.17) is 0 Å². The first kappa shape index (κ1) is 15.2. The average molecular weight is 343 g/mol. The third-order valence-corrected chi connectivity index (χ3v) is 2.39. The summed E-state index contributed by atoms with van der Waals surface area (Å²) in [6, 6.07) is 3.42. The van der Waals surface area contributed by atoms with Crippen molar-refractivity contribution in [2.24, 2.45) is 0 Å². The zero-order valence-corrected chi connectivity index (χ0v) is 10.6. The van der Waals surface area contributed by atoms with Gasteiger partial charge in [0.15, 0.2) is 6.61 Å². The van der Waals surface area contributed by atoms with E-state index < -0.39 is 23.8 Å². The molecule has 0 bridgehead atoms. The molecule has 1 N–H and O–H groups in total. The Morgan fingerprint density at radius 1 is 1.47 bits per heavy atom. The molecule has 0 heterocycles. The number of alkyl halides is 3. The van der Waals surface area contributed by atoms with E-state index in [0.29, 0.717) is 0 Å². The largest absolute Gasteiger partial charge is 0.440 e. The Kier molecular flexibility index (Phi) is 4.70. The van der Waals surface area contributed by atoms with E-state index in [2.05, 4.69) is 20.7 Å². The molecule has 0 saturated heterocycles. The Morgan fingerprint density at radius 3 is 2.58 bits per heavy atom. The Balaban J connectivity index is 2.65. The lowest BCUT2D eigenvalue weighted by atomic mass is 10.3. The number of nitrogens with zero attached hydrogens (tertiary/aromatic N) is 1. The molecule has 0 aliphatic rings. The molecule has 0 aromatic heterocycles. The van der Waals surface area contributed by atoms with Gasteiger partial charge in [-0.3, -0.25) is 15.4 Å². The maximum absolute atomic E-state index is 11.8. The fourth-order valence-corrected chi connectivity index (χ4v) is 1.56. The topological polar surface area (TPSA) is 81.5 Å². The van der Waals surface area contributed by atoms with Crippen LogP contribution < -0.4 is 5.32 Å². The van der Waals surface area contributed by atoms with E-state index in [-0.39, 0.29) is 15.8 Å². The van der Waals surface area contributed by atoms with Crippen molar-refractivity contribution in [1.29, 1.82) is 0 Å². The lowest BCUT2D eigenvalue weighted by Crippen LogP contribution is -2.23. The third kappa shape index (κ3) is 5.12. The minimum atomic E-state index is -4.62. The SMILES string of the molecule is O=C(Nc1ccc([N+](=O)[O-])c(Br)c1)OCC(F)(F)F. The molecule has 0 fully saturated rings. The van der Waals surface area contributed by atoms with Crippen molar-refractivity contribution in [2.45, 2.75) is 6.18 Å². The highest BCUT2D eigenvalue weighted by molar-refractivity contribution is 9.10. The summed E-state index contributed by atoms with van der Waals surface area (Å²) in [5, 5.41) is 12.5. The molecule has 6 nitrogen and oxygen atoms in total. The normalized spacial score (nSPS) is 10.9. The lowest BCUT2D eigenvalue weighted by Gasteiger charge is -2.09. The minimum Gasteiger partial charge on any atom is -0.440 e. The number of nitro benzene ring substituents is 1. The molecule has 0 unspecified atom stereocenters. The molecule has 19 heavy (non-hydrogen) atoms. The first-order valence-electron chi connectivity index (χ1n) is 4.63. The number of carbonyl (C=O) groups is 1. The van der Waals surface area contributed by atoms with Crippen molar-refractivity contribution in [3.05, 3.63) is 32.8 Å². The number of nitrogens with one attached hydrogen (secondary N) is 1. The van der Waals surface area contributed by atoms with Gasteiger partial charge in [-0.2, -0.15) is 13.2 Å². The van der Waals surface area contributed by atoms with E-state index >= 15 is 0 Å². The van der Waals surface area contributed by atoms with Gasteiger partial charge in [-0.25, -0.2) is 4.79 Å². The molecular weight excluding hydrogens is 337 g/mol. The van der Waals surface area contributed by atoms with Crippen molar-refractivity contribution >= 4 is 33.4 Å². The molecule has 1 aromatic carbocycles. The van der Waals surface area contributed by atoms with Gasteiger partial charge >= 0.3 is 12.3 Å². The van der Waals surface area contributed by atoms with Gasteiger partial charge in [-0.1, -0.05) is 0 Å². The molecule has 0 atom stereocenters. The number of halogens is 4. The van der Waals surface area contributed by atoms with Gasteiger partial charge in [0, 0.05) is 11.8 Å². The smallest absolute Gasteiger partial charge is 0.422 e. The van der Waals surface area contributed by atoms with Crippen LogP contribution in [0.5, 0.6) is 0 Å². The molecule has 1 amide bonds. The van der Waals surface area contributed by atoms with Crippen LogP contribution in [0.15, 0.2) is 22.7 Å². The fourth-order valence-electron chi connectivity index (χ4n) is 1.03. The summed E-state index contributed by atoms with van der Waals surface area (Å²) in [7, 11) is 0. The lowest BCUT2D eigenvalue weighted by molar-refractivity contribution is -0.385. The molecule has 0 radical (unpaired) electrons. The Morgan fingerprint density at radius 2 is 2.11 bits per heavy atom. The van der Waals surface area contributed by atoms with E-state index in [1.54, 1.807) is 0 Å². The van der Waals surface area contributed by atoms with E-state index in [1.807, 2.05) is 5.32 Å². The number of hydrogen-bond donors (Lipinski definition) is 1. The maximum atomic E-state index is 11.8. The average Bonchev–Trinajstić information content (AvgIpc) is 2.25. The highest BCUT2D eigenvalue weighted by Gasteiger charge is 2.29. The molecule has 1 rings (SSSR count). The summed E-state index contributed by atoms with van der Waals surface area (Å²) >= 11 is 2.89. The highest BCUT2D eigenvalue weighted by Crippen LogP contribution is 2.27. The summed E-state index contributed by atoms with van der Waals surface area (Å²) in [5.41, 5.74) is -0.182. The second-order valence-electron chi connectivity index (χ2n) is 3.24. The van der Waals surface area contributed by atoms with Gasteiger partial charge in [0.1, 0.15) is 0 Å². The maximum Gasteiger partial charge on any atom is 0.422 e. The molecule has 104 valence electrons. The van der Waals surface area contributed by atoms with Crippen molar-refractivity contribution in [2.75, 3.05) is 11.9 Å². The molecule has 10 heteroatoms.